The fourth-order valence-corrected chi connectivity index (χ4v) is 4.69. The largest absolute Gasteiger partial charge is 0.449 e. The number of carbonyl (C=O) groups is 1. The van der Waals surface area contributed by atoms with E-state index >= 15 is 0 Å². The molecule has 3 aromatic carbocycles. The quantitative estimate of drug-likeness (QED) is 0.214. The Bertz CT molecular complexity index is 1650. The van der Waals surface area contributed by atoms with Crippen molar-refractivity contribution >= 4 is 51.7 Å². The second-order valence-electron chi connectivity index (χ2n) is 8.34. The van der Waals surface area contributed by atoms with Crippen LogP contribution < -0.4 is 15.2 Å². The number of nitrogens with zero attached hydrogens (tertiary/aromatic N) is 1. The zero-order chi connectivity index (χ0) is 25.7. The van der Waals surface area contributed by atoms with Gasteiger partial charge in [-0.3, -0.25) is 0 Å². The van der Waals surface area contributed by atoms with E-state index in [2.05, 4.69) is 6.07 Å². The van der Waals surface area contributed by atoms with Gasteiger partial charge in [-0.25, -0.2) is 4.79 Å². The molecule has 1 aliphatic heterocycles. The van der Waals surface area contributed by atoms with E-state index in [1.807, 2.05) is 6.92 Å². The highest BCUT2D eigenvalue weighted by Gasteiger charge is 2.31. The Labute approximate surface area is 221 Å². The Hall–Kier alpha value is -3.63. The van der Waals surface area contributed by atoms with Crippen molar-refractivity contribution in [1.29, 1.82) is 5.26 Å². The predicted octanol–water partition coefficient (Wildman–Crippen LogP) is 7.45. The highest BCUT2D eigenvalue weighted by atomic mass is 35.5. The highest BCUT2D eigenvalue weighted by molar-refractivity contribution is 6.42. The van der Waals surface area contributed by atoms with Gasteiger partial charge in [0, 0.05) is 27.6 Å². The number of hydrogen-bond acceptors (Lipinski definition) is 6. The molecule has 0 saturated heterocycles. The van der Waals surface area contributed by atoms with Crippen LogP contribution in [0.5, 0.6) is 11.5 Å². The Kier molecular flexibility index (Phi) is 6.09. The third kappa shape index (κ3) is 4.06. The normalized spacial score (nSPS) is 14.8. The number of halogens is 3. The van der Waals surface area contributed by atoms with Crippen molar-refractivity contribution in [3.63, 3.8) is 0 Å². The number of carbonyl (C=O) groups excluding carboxylic acids is 1. The zero-order valence-corrected chi connectivity index (χ0v) is 21.3. The molecular formula is C27H17Cl3N2O4. The summed E-state index contributed by atoms with van der Waals surface area (Å²) in [5.74, 6) is -0.625. The number of benzene rings is 3. The maximum Gasteiger partial charge on any atom is 0.379 e. The van der Waals surface area contributed by atoms with Gasteiger partial charge in [-0.05, 0) is 55.3 Å². The molecule has 6 nitrogen and oxygen atoms in total. The zero-order valence-electron chi connectivity index (χ0n) is 19.0. The van der Waals surface area contributed by atoms with Crippen molar-refractivity contribution in [2.75, 3.05) is 0 Å². The van der Waals surface area contributed by atoms with Crippen LogP contribution in [0.1, 0.15) is 38.7 Å². The van der Waals surface area contributed by atoms with Gasteiger partial charge in [0.1, 0.15) is 28.7 Å². The van der Waals surface area contributed by atoms with Crippen LogP contribution in [-0.4, -0.2) is 5.97 Å². The molecule has 0 spiro atoms. The summed E-state index contributed by atoms with van der Waals surface area (Å²) in [6.45, 7) is 3.62. The van der Waals surface area contributed by atoms with E-state index < -0.39 is 11.9 Å². The topological polar surface area (TPSA) is 98.5 Å². The lowest BCUT2D eigenvalue weighted by molar-refractivity contribution is 0.0702. The van der Waals surface area contributed by atoms with Crippen LogP contribution in [0.15, 0.2) is 64.4 Å². The van der Waals surface area contributed by atoms with Crippen LogP contribution in [0.2, 0.25) is 15.1 Å². The molecule has 0 bridgehead atoms. The lowest BCUT2D eigenvalue weighted by atomic mass is 9.83. The predicted molar refractivity (Wildman–Crippen MR) is 138 cm³/mol. The maximum absolute atomic E-state index is 13.0. The van der Waals surface area contributed by atoms with Gasteiger partial charge in [-0.2, -0.15) is 5.26 Å². The molecule has 1 aliphatic rings. The minimum atomic E-state index is -0.671. The number of fused-ring (bicyclic) bond motifs is 2. The van der Waals surface area contributed by atoms with E-state index in [-0.39, 0.29) is 23.0 Å². The van der Waals surface area contributed by atoms with Crippen molar-refractivity contribution < 1.29 is 18.7 Å². The number of nitriles is 1. The van der Waals surface area contributed by atoms with Crippen LogP contribution in [0.3, 0.4) is 0 Å². The minimum Gasteiger partial charge on any atom is -0.449 e. The molecule has 1 aromatic heterocycles. The number of aryl methyl sites for hydroxylation is 2. The van der Waals surface area contributed by atoms with Gasteiger partial charge in [-0.15, -0.1) is 0 Å². The summed E-state index contributed by atoms with van der Waals surface area (Å²) < 4.78 is 17.1. The molecule has 2 heterocycles. The SMILES string of the molecule is Cc1cc2oc(C(=O)Oc3ccc4c(c3)OC(N)=C(C#N)C4c3ccc(Cl)c(Cl)c3)c(C)c2cc1Cl. The molecule has 180 valence electrons. The third-order valence-electron chi connectivity index (χ3n) is 6.08. The molecule has 1 atom stereocenters. The summed E-state index contributed by atoms with van der Waals surface area (Å²) in [4.78, 5) is 13.0. The van der Waals surface area contributed by atoms with Crippen molar-refractivity contribution in [3.8, 4) is 17.6 Å². The van der Waals surface area contributed by atoms with Gasteiger partial charge in [0.2, 0.25) is 11.6 Å². The van der Waals surface area contributed by atoms with Crippen LogP contribution in [0.4, 0.5) is 0 Å². The molecule has 36 heavy (non-hydrogen) atoms. The van der Waals surface area contributed by atoms with Crippen molar-refractivity contribution in [1.82, 2.24) is 0 Å². The first-order valence-electron chi connectivity index (χ1n) is 10.8. The van der Waals surface area contributed by atoms with E-state index in [1.165, 1.54) is 6.07 Å². The highest BCUT2D eigenvalue weighted by Crippen LogP contribution is 2.44. The van der Waals surface area contributed by atoms with E-state index in [9.17, 15) is 10.1 Å². The smallest absolute Gasteiger partial charge is 0.379 e. The minimum absolute atomic E-state index is 0.0510. The maximum atomic E-state index is 13.0. The molecule has 9 heteroatoms. The Balaban J connectivity index is 1.50. The van der Waals surface area contributed by atoms with Crippen molar-refractivity contribution in [3.05, 3.63) is 103 Å². The summed E-state index contributed by atoms with van der Waals surface area (Å²) in [6, 6.07) is 15.6. The number of allylic oxidation sites excluding steroid dienone is 1. The van der Waals surface area contributed by atoms with Gasteiger partial charge >= 0.3 is 5.97 Å². The second kappa shape index (κ2) is 9.11. The monoisotopic (exact) mass is 538 g/mol. The molecule has 0 fully saturated rings. The molecular weight excluding hydrogens is 523 g/mol. The van der Waals surface area contributed by atoms with Gasteiger partial charge in [0.15, 0.2) is 0 Å². The van der Waals surface area contributed by atoms with Crippen molar-refractivity contribution in [2.24, 2.45) is 5.73 Å². The Morgan fingerprint density at radius 3 is 2.53 bits per heavy atom. The standard InChI is InChI=1S/C27H17Cl3N2O4/c1-12-7-22-17(10-20(12)29)13(2)25(35-22)27(33)34-15-4-5-16-23(9-15)36-26(32)18(11-31)24(16)14-3-6-19(28)21(30)8-14/h3-10,24H,32H2,1-2H3. The van der Waals surface area contributed by atoms with Gasteiger partial charge in [-0.1, -0.05) is 46.9 Å². The van der Waals surface area contributed by atoms with Crippen LogP contribution in [0.25, 0.3) is 11.0 Å². The number of hydrogen-bond donors (Lipinski definition) is 1. The molecule has 4 aromatic rings. The summed E-state index contributed by atoms with van der Waals surface area (Å²) in [5.41, 5.74) is 9.68. The van der Waals surface area contributed by atoms with Crippen LogP contribution in [-0.2, 0) is 0 Å². The summed E-state index contributed by atoms with van der Waals surface area (Å²) in [6.07, 6.45) is 0. The van der Waals surface area contributed by atoms with Crippen molar-refractivity contribution in [2.45, 2.75) is 19.8 Å². The van der Waals surface area contributed by atoms with Crippen LogP contribution in [0, 0.1) is 25.2 Å². The first-order valence-corrected chi connectivity index (χ1v) is 11.9. The van der Waals surface area contributed by atoms with E-state index in [0.717, 1.165) is 10.9 Å². The number of esters is 1. The van der Waals surface area contributed by atoms with Gasteiger partial charge < -0.3 is 19.6 Å². The fraction of sp³-hybridized carbons (Fsp3) is 0.111. The summed E-state index contributed by atoms with van der Waals surface area (Å²) >= 11 is 18.5. The molecule has 5 rings (SSSR count). The molecule has 0 aliphatic carbocycles. The second-order valence-corrected chi connectivity index (χ2v) is 9.56. The van der Waals surface area contributed by atoms with E-state index in [4.69, 9.17) is 54.4 Å². The van der Waals surface area contributed by atoms with E-state index in [0.29, 0.717) is 43.1 Å². The lowest BCUT2D eigenvalue weighted by Gasteiger charge is -2.27. The summed E-state index contributed by atoms with van der Waals surface area (Å²) in [5, 5.41) is 11.8. The molecule has 2 N–H and O–H groups in total. The molecule has 0 amide bonds. The van der Waals surface area contributed by atoms with Gasteiger partial charge in [0.25, 0.3) is 0 Å². The average Bonchev–Trinajstić information content (AvgIpc) is 3.15. The summed E-state index contributed by atoms with van der Waals surface area (Å²) in [7, 11) is 0. The first kappa shape index (κ1) is 24.1. The molecule has 0 radical (unpaired) electrons. The fourth-order valence-electron chi connectivity index (χ4n) is 4.22. The number of nitrogens with two attached hydrogens (primary N) is 1. The number of rotatable bonds is 3. The van der Waals surface area contributed by atoms with E-state index in [1.54, 1.807) is 49.4 Å². The number of furan rings is 1. The Morgan fingerprint density at radius 2 is 1.81 bits per heavy atom. The first-order chi connectivity index (χ1) is 17.2. The van der Waals surface area contributed by atoms with Gasteiger partial charge in [0.05, 0.1) is 16.0 Å². The molecule has 1 unspecified atom stereocenters. The number of ether oxygens (including phenoxy) is 2. The lowest BCUT2D eigenvalue weighted by Crippen LogP contribution is -2.21. The molecule has 0 saturated carbocycles. The Morgan fingerprint density at radius 1 is 1.03 bits per heavy atom. The average molecular weight is 540 g/mol. The van der Waals surface area contributed by atoms with Crippen LogP contribution >= 0.6 is 34.8 Å². The third-order valence-corrected chi connectivity index (χ3v) is 7.23.